The molecule has 0 unspecified atom stereocenters. The van der Waals surface area contributed by atoms with Crippen LogP contribution in [0.25, 0.3) is 6.08 Å². The lowest BCUT2D eigenvalue weighted by Gasteiger charge is -2.12. The molecule has 0 bridgehead atoms. The van der Waals surface area contributed by atoms with Gasteiger partial charge in [0.1, 0.15) is 6.61 Å². The molecule has 1 aliphatic rings. The van der Waals surface area contributed by atoms with Crippen LogP contribution in [0.15, 0.2) is 65.8 Å². The fourth-order valence-electron chi connectivity index (χ4n) is 3.15. The maximum absolute atomic E-state index is 13.7. The van der Waals surface area contributed by atoms with Crippen molar-refractivity contribution < 1.29 is 37.0 Å². The average molecular weight is 488 g/mol. The summed E-state index contributed by atoms with van der Waals surface area (Å²) in [6.45, 7) is 5.85. The van der Waals surface area contributed by atoms with Crippen LogP contribution in [0.5, 0.6) is 11.5 Å². The Kier molecular flexibility index (Phi) is 7.95. The highest BCUT2D eigenvalue weighted by molar-refractivity contribution is 6.34. The summed E-state index contributed by atoms with van der Waals surface area (Å²) < 4.78 is 57.0. The molecule has 35 heavy (non-hydrogen) atoms. The summed E-state index contributed by atoms with van der Waals surface area (Å²) in [4.78, 5) is 24.9. The molecule has 0 saturated heterocycles. The van der Waals surface area contributed by atoms with Gasteiger partial charge >= 0.3 is 12.1 Å². The molecule has 0 N–H and O–H groups in total. The zero-order chi connectivity index (χ0) is 25.6. The number of benzene rings is 2. The van der Waals surface area contributed by atoms with Gasteiger partial charge in [0.2, 0.25) is 0 Å². The van der Waals surface area contributed by atoms with Gasteiger partial charge in [0.05, 0.1) is 30.5 Å². The predicted molar refractivity (Wildman–Crippen MR) is 125 cm³/mol. The van der Waals surface area contributed by atoms with Crippen molar-refractivity contribution in [3.05, 3.63) is 71.8 Å². The van der Waals surface area contributed by atoms with Crippen LogP contribution in [0, 0.1) is 0 Å². The lowest BCUT2D eigenvalue weighted by atomic mass is 10.1. The number of hydrogen-bond donors (Lipinski definition) is 0. The van der Waals surface area contributed by atoms with Crippen molar-refractivity contribution in [3.8, 4) is 11.5 Å². The third kappa shape index (κ3) is 5.89. The van der Waals surface area contributed by atoms with Crippen molar-refractivity contribution in [2.75, 3.05) is 25.3 Å². The first kappa shape index (κ1) is 25.5. The molecule has 0 saturated carbocycles. The van der Waals surface area contributed by atoms with Crippen LogP contribution in [0.4, 0.5) is 18.9 Å². The molecule has 0 fully saturated rings. The second-order valence-corrected chi connectivity index (χ2v) is 7.31. The highest BCUT2D eigenvalue weighted by Crippen LogP contribution is 2.34. The highest BCUT2D eigenvalue weighted by atomic mass is 19.4. The van der Waals surface area contributed by atoms with Gasteiger partial charge in [-0.15, -0.1) is 0 Å². The molecule has 0 radical (unpaired) electrons. The molecule has 0 aromatic heterocycles. The first-order valence-electron chi connectivity index (χ1n) is 10.6. The number of carbonyl (C=O) groups is 2. The van der Waals surface area contributed by atoms with E-state index in [-0.39, 0.29) is 35.8 Å². The van der Waals surface area contributed by atoms with Crippen LogP contribution in [-0.2, 0) is 9.53 Å². The molecule has 1 aliphatic heterocycles. The van der Waals surface area contributed by atoms with Crippen LogP contribution < -0.4 is 14.5 Å². The van der Waals surface area contributed by atoms with Crippen molar-refractivity contribution >= 4 is 29.4 Å². The number of rotatable bonds is 9. The van der Waals surface area contributed by atoms with E-state index in [4.69, 9.17) is 14.2 Å². The number of amides is 1. The molecular weight excluding hydrogens is 465 g/mol. The van der Waals surface area contributed by atoms with Gasteiger partial charge in [0.15, 0.2) is 17.2 Å². The second-order valence-electron chi connectivity index (χ2n) is 7.31. The summed E-state index contributed by atoms with van der Waals surface area (Å²) in [5.74, 6) is -0.888. The van der Waals surface area contributed by atoms with Crippen LogP contribution in [-0.4, -0.2) is 44.1 Å². The van der Waals surface area contributed by atoms with E-state index in [1.54, 1.807) is 0 Å². The summed E-state index contributed by atoms with van der Waals surface area (Å²) in [5, 5.41) is 4.18. The van der Waals surface area contributed by atoms with Gasteiger partial charge in [0, 0.05) is 0 Å². The Hall–Kier alpha value is -4.08. The maximum atomic E-state index is 13.7. The minimum Gasteiger partial charge on any atom is -0.493 e. The van der Waals surface area contributed by atoms with Gasteiger partial charge in [-0.2, -0.15) is 23.3 Å². The summed E-state index contributed by atoms with van der Waals surface area (Å²) in [7, 11) is 1.39. The van der Waals surface area contributed by atoms with E-state index in [9.17, 15) is 22.8 Å². The largest absolute Gasteiger partial charge is 0.493 e. The molecule has 1 amide bonds. The van der Waals surface area contributed by atoms with E-state index in [1.807, 2.05) is 6.92 Å². The molecular formula is C25H23F3N2O5. The Morgan fingerprint density at radius 3 is 2.46 bits per heavy atom. The maximum Gasteiger partial charge on any atom is 0.435 e. The minimum atomic E-state index is -4.88. The fraction of sp³-hybridized carbons (Fsp3) is 0.240. The Labute approximate surface area is 200 Å². The Bertz CT molecular complexity index is 1170. The zero-order valence-corrected chi connectivity index (χ0v) is 19.1. The summed E-state index contributed by atoms with van der Waals surface area (Å²) >= 11 is 0. The number of alkyl halides is 3. The lowest BCUT2D eigenvalue weighted by Crippen LogP contribution is -2.25. The van der Waals surface area contributed by atoms with Crippen LogP contribution >= 0.6 is 0 Å². The van der Waals surface area contributed by atoms with Crippen molar-refractivity contribution in [2.24, 2.45) is 5.10 Å². The molecule has 1 heterocycles. The molecule has 7 nitrogen and oxygen atoms in total. The standard InChI is InChI=1S/C25H23F3N2O5/c1-4-12-34-20-11-6-16(15-21(20)33-3)14-19-22(25(26,27)28)29-30(23(19)31)18-9-7-17(8-10-18)24(32)35-13-5-2/h4,6-11,14-15H,1,5,12-13H2,2-3H3. The first-order chi connectivity index (χ1) is 16.7. The van der Waals surface area contributed by atoms with Crippen molar-refractivity contribution in [3.63, 3.8) is 0 Å². The summed E-state index contributed by atoms with van der Waals surface area (Å²) in [5.41, 5.74) is -1.41. The molecule has 0 atom stereocenters. The average Bonchev–Trinajstić information content (AvgIpc) is 3.18. The van der Waals surface area contributed by atoms with E-state index < -0.39 is 29.3 Å². The fourth-order valence-corrected chi connectivity index (χ4v) is 3.15. The quantitative estimate of drug-likeness (QED) is 0.276. The number of hydrazone groups is 1. The van der Waals surface area contributed by atoms with Crippen LogP contribution in [0.1, 0.15) is 29.3 Å². The summed E-state index contributed by atoms with van der Waals surface area (Å²) in [6.07, 6.45) is -1.61. The van der Waals surface area contributed by atoms with Crippen molar-refractivity contribution in [1.82, 2.24) is 0 Å². The Morgan fingerprint density at radius 1 is 1.14 bits per heavy atom. The molecule has 0 aliphatic carbocycles. The van der Waals surface area contributed by atoms with Gasteiger partial charge in [-0.3, -0.25) is 4.79 Å². The molecule has 184 valence electrons. The number of esters is 1. The number of anilines is 1. The number of methoxy groups -OCH3 is 1. The number of hydrogen-bond acceptors (Lipinski definition) is 6. The topological polar surface area (TPSA) is 77.4 Å². The molecule has 10 heteroatoms. The van der Waals surface area contributed by atoms with E-state index in [0.29, 0.717) is 17.2 Å². The van der Waals surface area contributed by atoms with E-state index in [2.05, 4.69) is 11.7 Å². The normalized spacial score (nSPS) is 14.7. The second kappa shape index (κ2) is 10.9. The Morgan fingerprint density at radius 2 is 1.86 bits per heavy atom. The van der Waals surface area contributed by atoms with E-state index >= 15 is 0 Å². The van der Waals surface area contributed by atoms with Gasteiger partial charge in [-0.05, 0) is 54.5 Å². The minimum absolute atomic E-state index is 0.0675. The van der Waals surface area contributed by atoms with Gasteiger partial charge in [-0.25, -0.2) is 4.79 Å². The smallest absolute Gasteiger partial charge is 0.435 e. The molecule has 3 rings (SSSR count). The number of ether oxygens (including phenoxy) is 3. The zero-order valence-electron chi connectivity index (χ0n) is 19.1. The third-order valence-electron chi connectivity index (χ3n) is 4.79. The summed E-state index contributed by atoms with van der Waals surface area (Å²) in [6, 6.07) is 9.84. The number of carbonyl (C=O) groups excluding carboxylic acids is 2. The molecule has 0 spiro atoms. The predicted octanol–water partition coefficient (Wildman–Crippen LogP) is 5.18. The molecule has 2 aromatic carbocycles. The van der Waals surface area contributed by atoms with Gasteiger partial charge < -0.3 is 14.2 Å². The monoisotopic (exact) mass is 488 g/mol. The van der Waals surface area contributed by atoms with Crippen LogP contribution in [0.3, 0.4) is 0 Å². The van der Waals surface area contributed by atoms with Crippen LogP contribution in [0.2, 0.25) is 0 Å². The third-order valence-corrected chi connectivity index (χ3v) is 4.79. The van der Waals surface area contributed by atoms with Gasteiger partial charge in [0.25, 0.3) is 5.91 Å². The van der Waals surface area contributed by atoms with E-state index in [0.717, 1.165) is 6.08 Å². The number of nitrogens with zero attached hydrogens (tertiary/aromatic N) is 2. The molecule has 2 aromatic rings. The lowest BCUT2D eigenvalue weighted by molar-refractivity contribution is -0.114. The number of halogens is 3. The van der Waals surface area contributed by atoms with Crippen molar-refractivity contribution in [2.45, 2.75) is 19.5 Å². The van der Waals surface area contributed by atoms with E-state index in [1.165, 1.54) is 55.7 Å². The van der Waals surface area contributed by atoms with Gasteiger partial charge in [-0.1, -0.05) is 25.6 Å². The van der Waals surface area contributed by atoms with Crippen molar-refractivity contribution in [1.29, 1.82) is 0 Å². The SMILES string of the molecule is C=CCOc1ccc(C=C2C(=O)N(c3ccc(C(=O)OCCC)cc3)N=C2C(F)(F)F)cc1OC. The highest BCUT2D eigenvalue weighted by Gasteiger charge is 2.46. The Balaban J connectivity index is 1.94. The first-order valence-corrected chi connectivity index (χ1v) is 10.6.